The van der Waals surface area contributed by atoms with Gasteiger partial charge in [-0.3, -0.25) is 4.79 Å². The van der Waals surface area contributed by atoms with Crippen molar-refractivity contribution in [1.29, 1.82) is 0 Å². The molecule has 1 unspecified atom stereocenters. The fourth-order valence-corrected chi connectivity index (χ4v) is 2.27. The van der Waals surface area contributed by atoms with Crippen LogP contribution in [0.1, 0.15) is 47.2 Å². The van der Waals surface area contributed by atoms with E-state index < -0.39 is 5.97 Å². The van der Waals surface area contributed by atoms with Gasteiger partial charge in [0.1, 0.15) is 5.69 Å². The summed E-state index contributed by atoms with van der Waals surface area (Å²) in [6, 6.07) is 12.6. The molecule has 1 aromatic heterocycles. The van der Waals surface area contributed by atoms with Gasteiger partial charge in [-0.05, 0) is 24.6 Å². The van der Waals surface area contributed by atoms with Crippen LogP contribution >= 0.6 is 0 Å². The standard InChI is InChI=1S/C18H20N2O3/c1-12(18(2,3)14-7-5-4-6-8-14)20-16(21)13-9-10-19-15(11-13)17(22)23/h4-12H,1-3H3,(H,20,21)(H,22,23). The Kier molecular flexibility index (Phi) is 4.79. The first-order chi connectivity index (χ1) is 10.8. The van der Waals surface area contributed by atoms with Gasteiger partial charge in [0.25, 0.3) is 5.91 Å². The number of hydrogen-bond acceptors (Lipinski definition) is 3. The Bertz CT molecular complexity index is 711. The summed E-state index contributed by atoms with van der Waals surface area (Å²) >= 11 is 0. The second-order valence-electron chi connectivity index (χ2n) is 6.02. The van der Waals surface area contributed by atoms with Crippen LogP contribution in [-0.4, -0.2) is 28.0 Å². The molecule has 5 heteroatoms. The third kappa shape index (κ3) is 3.74. The third-order valence-electron chi connectivity index (χ3n) is 4.19. The lowest BCUT2D eigenvalue weighted by atomic mass is 9.78. The lowest BCUT2D eigenvalue weighted by molar-refractivity contribution is 0.0690. The minimum absolute atomic E-state index is 0.140. The summed E-state index contributed by atoms with van der Waals surface area (Å²) < 4.78 is 0. The summed E-state index contributed by atoms with van der Waals surface area (Å²) in [5.41, 5.74) is 0.994. The number of rotatable bonds is 5. The third-order valence-corrected chi connectivity index (χ3v) is 4.19. The lowest BCUT2D eigenvalue weighted by Gasteiger charge is -2.33. The molecule has 0 spiro atoms. The van der Waals surface area contributed by atoms with Crippen molar-refractivity contribution in [1.82, 2.24) is 10.3 Å². The monoisotopic (exact) mass is 312 g/mol. The van der Waals surface area contributed by atoms with E-state index in [1.807, 2.05) is 37.3 Å². The van der Waals surface area contributed by atoms with Crippen molar-refractivity contribution in [3.63, 3.8) is 0 Å². The number of carbonyl (C=O) groups is 2. The van der Waals surface area contributed by atoms with Gasteiger partial charge in [-0.1, -0.05) is 44.2 Å². The molecule has 0 saturated carbocycles. The predicted octanol–water partition coefficient (Wildman–Crippen LogP) is 2.88. The number of nitrogens with one attached hydrogen (secondary N) is 1. The Morgan fingerprint density at radius 3 is 2.43 bits per heavy atom. The van der Waals surface area contributed by atoms with Crippen LogP contribution in [-0.2, 0) is 5.41 Å². The Balaban J connectivity index is 2.16. The maximum Gasteiger partial charge on any atom is 0.354 e. The van der Waals surface area contributed by atoms with Crippen molar-refractivity contribution in [3.05, 3.63) is 65.5 Å². The second kappa shape index (κ2) is 6.60. The van der Waals surface area contributed by atoms with E-state index >= 15 is 0 Å². The van der Waals surface area contributed by atoms with Gasteiger partial charge in [-0.15, -0.1) is 0 Å². The smallest absolute Gasteiger partial charge is 0.354 e. The number of pyridine rings is 1. The molecule has 0 aliphatic heterocycles. The van der Waals surface area contributed by atoms with Crippen molar-refractivity contribution < 1.29 is 14.7 Å². The van der Waals surface area contributed by atoms with Gasteiger partial charge < -0.3 is 10.4 Å². The van der Waals surface area contributed by atoms with E-state index in [1.165, 1.54) is 18.3 Å². The van der Waals surface area contributed by atoms with Crippen LogP contribution in [0.25, 0.3) is 0 Å². The first-order valence-corrected chi connectivity index (χ1v) is 7.38. The second-order valence-corrected chi connectivity index (χ2v) is 6.02. The Hall–Kier alpha value is -2.69. The van der Waals surface area contributed by atoms with E-state index in [1.54, 1.807) is 0 Å². The fourth-order valence-electron chi connectivity index (χ4n) is 2.27. The molecule has 23 heavy (non-hydrogen) atoms. The van der Waals surface area contributed by atoms with Crippen LogP contribution in [0.15, 0.2) is 48.7 Å². The van der Waals surface area contributed by atoms with E-state index in [0.717, 1.165) is 5.56 Å². The number of carbonyl (C=O) groups excluding carboxylic acids is 1. The van der Waals surface area contributed by atoms with Gasteiger partial charge in [0.15, 0.2) is 0 Å². The lowest BCUT2D eigenvalue weighted by Crippen LogP contribution is -2.45. The minimum atomic E-state index is -1.16. The zero-order valence-corrected chi connectivity index (χ0v) is 13.4. The van der Waals surface area contributed by atoms with Gasteiger partial charge in [0.05, 0.1) is 0 Å². The number of aromatic carboxylic acids is 1. The van der Waals surface area contributed by atoms with Gasteiger partial charge in [0, 0.05) is 23.2 Å². The van der Waals surface area contributed by atoms with Crippen LogP contribution in [0.4, 0.5) is 0 Å². The Morgan fingerprint density at radius 2 is 1.83 bits per heavy atom. The minimum Gasteiger partial charge on any atom is -0.477 e. The Labute approximate surface area is 135 Å². The highest BCUT2D eigenvalue weighted by atomic mass is 16.4. The maximum absolute atomic E-state index is 12.4. The molecule has 2 aromatic rings. The summed E-state index contributed by atoms with van der Waals surface area (Å²) in [4.78, 5) is 27.0. The van der Waals surface area contributed by atoms with Gasteiger partial charge >= 0.3 is 5.97 Å². The van der Waals surface area contributed by atoms with Crippen molar-refractivity contribution in [2.24, 2.45) is 0 Å². The zero-order chi connectivity index (χ0) is 17.0. The first kappa shape index (κ1) is 16.7. The van der Waals surface area contributed by atoms with E-state index in [4.69, 9.17) is 5.11 Å². The molecule has 0 aliphatic rings. The molecule has 1 aromatic carbocycles. The zero-order valence-electron chi connectivity index (χ0n) is 13.4. The first-order valence-electron chi connectivity index (χ1n) is 7.38. The summed E-state index contributed by atoms with van der Waals surface area (Å²) in [5.74, 6) is -1.47. The van der Waals surface area contributed by atoms with Crippen LogP contribution < -0.4 is 5.32 Å². The fraction of sp³-hybridized carbons (Fsp3) is 0.278. The van der Waals surface area contributed by atoms with Crippen LogP contribution in [0.3, 0.4) is 0 Å². The molecule has 5 nitrogen and oxygen atoms in total. The van der Waals surface area contributed by atoms with E-state index in [2.05, 4.69) is 24.1 Å². The SMILES string of the molecule is CC(NC(=O)c1ccnc(C(=O)O)c1)C(C)(C)c1ccccc1. The molecule has 2 N–H and O–H groups in total. The molecule has 0 fully saturated rings. The van der Waals surface area contributed by atoms with Gasteiger partial charge in [-0.2, -0.15) is 0 Å². The van der Waals surface area contributed by atoms with E-state index in [-0.39, 0.29) is 28.6 Å². The van der Waals surface area contributed by atoms with Crippen LogP contribution in [0.2, 0.25) is 0 Å². The number of carboxylic acids is 1. The van der Waals surface area contributed by atoms with Crippen LogP contribution in [0, 0.1) is 0 Å². The molecule has 0 aliphatic carbocycles. The number of nitrogens with zero attached hydrogens (tertiary/aromatic N) is 1. The topological polar surface area (TPSA) is 79.3 Å². The van der Waals surface area contributed by atoms with Crippen molar-refractivity contribution in [2.45, 2.75) is 32.2 Å². The van der Waals surface area contributed by atoms with Gasteiger partial charge in [0.2, 0.25) is 0 Å². The van der Waals surface area contributed by atoms with Crippen molar-refractivity contribution >= 4 is 11.9 Å². The molecule has 2 rings (SSSR count). The number of aromatic nitrogens is 1. The normalized spacial score (nSPS) is 12.5. The van der Waals surface area contributed by atoms with Crippen molar-refractivity contribution in [3.8, 4) is 0 Å². The highest BCUT2D eigenvalue weighted by Gasteiger charge is 2.29. The molecule has 0 radical (unpaired) electrons. The average molecular weight is 312 g/mol. The molecule has 1 atom stereocenters. The molecule has 1 heterocycles. The largest absolute Gasteiger partial charge is 0.477 e. The van der Waals surface area contributed by atoms with Gasteiger partial charge in [-0.25, -0.2) is 9.78 Å². The predicted molar refractivity (Wildman–Crippen MR) is 87.6 cm³/mol. The van der Waals surface area contributed by atoms with E-state index in [0.29, 0.717) is 0 Å². The average Bonchev–Trinajstić information content (AvgIpc) is 2.55. The highest BCUT2D eigenvalue weighted by Crippen LogP contribution is 2.27. The molecule has 0 saturated heterocycles. The summed E-state index contributed by atoms with van der Waals surface area (Å²) in [6.07, 6.45) is 1.32. The number of benzene rings is 1. The summed E-state index contributed by atoms with van der Waals surface area (Å²) in [6.45, 7) is 6.05. The number of carboxylic acid groups (broad SMARTS) is 1. The maximum atomic E-state index is 12.4. The van der Waals surface area contributed by atoms with Crippen molar-refractivity contribution in [2.75, 3.05) is 0 Å². The summed E-state index contributed by atoms with van der Waals surface area (Å²) in [7, 11) is 0. The number of hydrogen-bond donors (Lipinski definition) is 2. The Morgan fingerprint density at radius 1 is 1.17 bits per heavy atom. The molecular formula is C18H20N2O3. The molecule has 1 amide bonds. The quantitative estimate of drug-likeness (QED) is 0.889. The van der Waals surface area contributed by atoms with E-state index in [9.17, 15) is 9.59 Å². The molecule has 0 bridgehead atoms. The van der Waals surface area contributed by atoms with Crippen LogP contribution in [0.5, 0.6) is 0 Å². The summed E-state index contributed by atoms with van der Waals surface area (Å²) in [5, 5.41) is 11.9. The highest BCUT2D eigenvalue weighted by molar-refractivity contribution is 5.96. The molecule has 120 valence electrons. The molecular weight excluding hydrogens is 292 g/mol. The number of amides is 1.